The highest BCUT2D eigenvalue weighted by molar-refractivity contribution is 6.05. The van der Waals surface area contributed by atoms with Crippen LogP contribution in [-0.2, 0) is 0 Å². The van der Waals surface area contributed by atoms with Crippen molar-refractivity contribution in [1.82, 2.24) is 0 Å². The van der Waals surface area contributed by atoms with E-state index in [1.807, 2.05) is 0 Å². The lowest BCUT2D eigenvalue weighted by Crippen LogP contribution is -1.83. The Morgan fingerprint density at radius 3 is 1.11 bits per heavy atom. The van der Waals surface area contributed by atoms with Gasteiger partial charge in [0, 0.05) is 0 Å². The SMILES string of the molecule is O=C(O)O.O=C(O)O.c1ccc2c(-c3cccc4ccccc34)cccc2c1. The summed E-state index contributed by atoms with van der Waals surface area (Å²) in [5.41, 5.74) is 2.61. The minimum Gasteiger partial charge on any atom is -0.450 e. The van der Waals surface area contributed by atoms with Crippen LogP contribution in [0.4, 0.5) is 9.59 Å². The number of hydrogen-bond acceptors (Lipinski definition) is 2. The monoisotopic (exact) mass is 378 g/mol. The second kappa shape index (κ2) is 9.59. The molecule has 0 atom stereocenters. The Morgan fingerprint density at radius 1 is 0.464 bits per heavy atom. The predicted octanol–water partition coefficient (Wildman–Crippen LogP) is 6.10. The summed E-state index contributed by atoms with van der Waals surface area (Å²) in [7, 11) is 0. The molecule has 0 bridgehead atoms. The molecule has 0 aliphatic carbocycles. The maximum atomic E-state index is 8.56. The van der Waals surface area contributed by atoms with E-state index in [9.17, 15) is 0 Å². The Bertz CT molecular complexity index is 996. The summed E-state index contributed by atoms with van der Waals surface area (Å²) < 4.78 is 0. The minimum atomic E-state index is -1.83. The van der Waals surface area contributed by atoms with Gasteiger partial charge in [0.05, 0.1) is 0 Å². The average molecular weight is 378 g/mol. The molecule has 0 aliphatic rings. The summed E-state index contributed by atoms with van der Waals surface area (Å²) in [5, 5.41) is 33.1. The van der Waals surface area contributed by atoms with Crippen LogP contribution in [0.1, 0.15) is 0 Å². The van der Waals surface area contributed by atoms with Gasteiger partial charge in [-0.1, -0.05) is 84.9 Å². The first-order valence-electron chi connectivity index (χ1n) is 8.20. The Morgan fingerprint density at radius 2 is 0.750 bits per heavy atom. The molecule has 0 aromatic heterocycles. The van der Waals surface area contributed by atoms with Crippen molar-refractivity contribution in [3.8, 4) is 11.1 Å². The highest BCUT2D eigenvalue weighted by Gasteiger charge is 2.06. The molecule has 0 fully saturated rings. The van der Waals surface area contributed by atoms with Crippen LogP contribution >= 0.6 is 0 Å². The Labute approximate surface area is 160 Å². The van der Waals surface area contributed by atoms with E-state index >= 15 is 0 Å². The Balaban J connectivity index is 0.000000302. The average Bonchev–Trinajstić information content (AvgIpc) is 2.66. The lowest BCUT2D eigenvalue weighted by Gasteiger charge is -2.10. The van der Waals surface area contributed by atoms with Crippen molar-refractivity contribution >= 4 is 33.9 Å². The molecule has 4 aromatic rings. The van der Waals surface area contributed by atoms with E-state index in [-0.39, 0.29) is 0 Å². The molecule has 6 nitrogen and oxygen atoms in total. The molecule has 0 amide bonds. The van der Waals surface area contributed by atoms with Gasteiger partial charge in [0.25, 0.3) is 0 Å². The van der Waals surface area contributed by atoms with Crippen molar-refractivity contribution in [3.63, 3.8) is 0 Å². The molecule has 4 rings (SSSR count). The van der Waals surface area contributed by atoms with Gasteiger partial charge >= 0.3 is 12.3 Å². The van der Waals surface area contributed by atoms with E-state index in [0.29, 0.717) is 0 Å². The van der Waals surface area contributed by atoms with Gasteiger partial charge in [0.1, 0.15) is 0 Å². The molecule has 0 unspecified atom stereocenters. The normalized spacial score (nSPS) is 9.57. The summed E-state index contributed by atoms with van der Waals surface area (Å²) in [4.78, 5) is 17.1. The highest BCUT2D eigenvalue weighted by Crippen LogP contribution is 2.33. The first kappa shape index (κ1) is 20.3. The molecule has 4 aromatic carbocycles. The van der Waals surface area contributed by atoms with Gasteiger partial charge in [-0.2, -0.15) is 0 Å². The van der Waals surface area contributed by atoms with Crippen LogP contribution in [0.25, 0.3) is 32.7 Å². The molecule has 0 aliphatic heterocycles. The van der Waals surface area contributed by atoms with E-state index in [2.05, 4.69) is 84.9 Å². The van der Waals surface area contributed by atoms with E-state index in [1.54, 1.807) is 0 Å². The lowest BCUT2D eigenvalue weighted by molar-refractivity contribution is 0.135. The van der Waals surface area contributed by atoms with Crippen molar-refractivity contribution in [3.05, 3.63) is 84.9 Å². The van der Waals surface area contributed by atoms with E-state index in [0.717, 1.165) is 0 Å². The minimum absolute atomic E-state index is 1.29. The van der Waals surface area contributed by atoms with Gasteiger partial charge in [-0.3, -0.25) is 0 Å². The van der Waals surface area contributed by atoms with Crippen LogP contribution in [0.2, 0.25) is 0 Å². The van der Waals surface area contributed by atoms with Crippen LogP contribution in [0.3, 0.4) is 0 Å². The fourth-order valence-electron chi connectivity index (χ4n) is 2.92. The third-order valence-electron chi connectivity index (χ3n) is 3.87. The van der Waals surface area contributed by atoms with Gasteiger partial charge in [-0.25, -0.2) is 9.59 Å². The maximum Gasteiger partial charge on any atom is 0.503 e. The molecule has 0 saturated heterocycles. The van der Waals surface area contributed by atoms with Crippen LogP contribution in [0.5, 0.6) is 0 Å². The topological polar surface area (TPSA) is 115 Å². The summed E-state index contributed by atoms with van der Waals surface area (Å²) in [5.74, 6) is 0. The zero-order valence-corrected chi connectivity index (χ0v) is 14.7. The number of rotatable bonds is 1. The van der Waals surface area contributed by atoms with E-state index in [1.165, 1.54) is 32.7 Å². The van der Waals surface area contributed by atoms with E-state index < -0.39 is 12.3 Å². The van der Waals surface area contributed by atoms with Crippen molar-refractivity contribution in [1.29, 1.82) is 0 Å². The zero-order chi connectivity index (χ0) is 20.5. The molecule has 6 heteroatoms. The first-order chi connectivity index (χ1) is 13.4. The smallest absolute Gasteiger partial charge is 0.450 e. The standard InChI is InChI=1S/C20H14.2CH2O3/c1-3-11-17-15(7-1)9-5-13-19(17)20-14-6-10-16-8-2-4-12-18(16)20;2*2-1(3)4/h1-14H;2*(H2,2,3,4). The van der Waals surface area contributed by atoms with Crippen molar-refractivity contribution < 1.29 is 30.0 Å². The number of fused-ring (bicyclic) bond motifs is 2. The third-order valence-corrected chi connectivity index (χ3v) is 3.87. The second-order valence-electron chi connectivity index (χ2n) is 5.62. The Hall–Kier alpha value is -4.06. The number of benzene rings is 4. The molecular weight excluding hydrogens is 360 g/mol. The highest BCUT2D eigenvalue weighted by atomic mass is 16.6. The Kier molecular flexibility index (Phi) is 6.93. The van der Waals surface area contributed by atoms with Crippen molar-refractivity contribution in [2.75, 3.05) is 0 Å². The van der Waals surface area contributed by atoms with Gasteiger partial charge in [0.2, 0.25) is 0 Å². The molecule has 0 spiro atoms. The molecule has 28 heavy (non-hydrogen) atoms. The van der Waals surface area contributed by atoms with Crippen molar-refractivity contribution in [2.45, 2.75) is 0 Å². The lowest BCUT2D eigenvalue weighted by atomic mass is 9.94. The van der Waals surface area contributed by atoms with Gasteiger partial charge in [-0.15, -0.1) is 0 Å². The number of hydrogen-bond donors (Lipinski definition) is 4. The van der Waals surface area contributed by atoms with Crippen LogP contribution in [0.15, 0.2) is 84.9 Å². The second-order valence-corrected chi connectivity index (χ2v) is 5.62. The fourth-order valence-corrected chi connectivity index (χ4v) is 2.92. The van der Waals surface area contributed by atoms with Crippen molar-refractivity contribution in [2.24, 2.45) is 0 Å². The van der Waals surface area contributed by atoms with Crippen LogP contribution < -0.4 is 0 Å². The maximum absolute atomic E-state index is 8.56. The molecule has 142 valence electrons. The fraction of sp³-hybridized carbons (Fsp3) is 0. The molecule has 0 radical (unpaired) electrons. The quantitative estimate of drug-likeness (QED) is 0.318. The predicted molar refractivity (Wildman–Crippen MR) is 108 cm³/mol. The number of carboxylic acid groups (broad SMARTS) is 4. The summed E-state index contributed by atoms with van der Waals surface area (Å²) >= 11 is 0. The third kappa shape index (κ3) is 5.47. The summed E-state index contributed by atoms with van der Waals surface area (Å²) in [6, 6.07) is 30.2. The number of carbonyl (C=O) groups is 2. The molecular formula is C22H18O6. The van der Waals surface area contributed by atoms with Crippen LogP contribution in [-0.4, -0.2) is 32.7 Å². The largest absolute Gasteiger partial charge is 0.503 e. The molecule has 0 saturated carbocycles. The van der Waals surface area contributed by atoms with Gasteiger partial charge in [0.15, 0.2) is 0 Å². The zero-order valence-electron chi connectivity index (χ0n) is 14.7. The molecule has 0 heterocycles. The van der Waals surface area contributed by atoms with Gasteiger partial charge < -0.3 is 20.4 Å². The molecule has 4 N–H and O–H groups in total. The first-order valence-corrected chi connectivity index (χ1v) is 8.20. The van der Waals surface area contributed by atoms with E-state index in [4.69, 9.17) is 30.0 Å². The van der Waals surface area contributed by atoms with Gasteiger partial charge in [-0.05, 0) is 32.7 Å². The van der Waals surface area contributed by atoms with Crippen LogP contribution in [0, 0.1) is 0 Å². The summed E-state index contributed by atoms with van der Waals surface area (Å²) in [6.07, 6.45) is -3.67. The summed E-state index contributed by atoms with van der Waals surface area (Å²) in [6.45, 7) is 0.